The van der Waals surface area contributed by atoms with Crippen molar-refractivity contribution < 1.29 is 9.13 Å². The average molecular weight is 224 g/mol. The minimum Gasteiger partial charge on any atom is -0.453 e. The number of ether oxygens (including phenoxy) is 1. The van der Waals surface area contributed by atoms with E-state index in [4.69, 9.17) is 16.3 Å². The molecule has 15 heavy (non-hydrogen) atoms. The number of rotatable bonds is 2. The van der Waals surface area contributed by atoms with E-state index in [1.165, 1.54) is 24.5 Å². The van der Waals surface area contributed by atoms with Gasteiger partial charge in [-0.2, -0.15) is 0 Å². The molecule has 0 saturated heterocycles. The third-order valence-corrected chi connectivity index (χ3v) is 1.95. The topological polar surface area (TPSA) is 22.1 Å². The largest absolute Gasteiger partial charge is 0.453 e. The zero-order valence-electron chi connectivity index (χ0n) is 7.65. The van der Waals surface area contributed by atoms with Gasteiger partial charge in [-0.1, -0.05) is 23.7 Å². The van der Waals surface area contributed by atoms with Gasteiger partial charge < -0.3 is 4.74 Å². The van der Waals surface area contributed by atoms with Crippen molar-refractivity contribution in [1.29, 1.82) is 0 Å². The second kappa shape index (κ2) is 4.28. The summed E-state index contributed by atoms with van der Waals surface area (Å²) in [6.45, 7) is 0. The van der Waals surface area contributed by atoms with Gasteiger partial charge in [0.1, 0.15) is 5.75 Å². The van der Waals surface area contributed by atoms with Crippen LogP contribution in [0.1, 0.15) is 0 Å². The second-order valence-electron chi connectivity index (χ2n) is 2.87. The lowest BCUT2D eigenvalue weighted by molar-refractivity contribution is 0.440. The van der Waals surface area contributed by atoms with Gasteiger partial charge in [0.15, 0.2) is 11.6 Å². The fourth-order valence-electron chi connectivity index (χ4n) is 1.10. The van der Waals surface area contributed by atoms with Crippen molar-refractivity contribution in [2.24, 2.45) is 0 Å². The number of hydrogen-bond donors (Lipinski definition) is 0. The molecular weight excluding hydrogens is 217 g/mol. The maximum atomic E-state index is 13.2. The Morgan fingerprint density at radius 1 is 1.20 bits per heavy atom. The lowest BCUT2D eigenvalue weighted by atomic mass is 10.3. The molecule has 1 heterocycles. The first-order valence-electron chi connectivity index (χ1n) is 4.28. The van der Waals surface area contributed by atoms with E-state index in [0.717, 1.165) is 0 Å². The zero-order chi connectivity index (χ0) is 10.7. The van der Waals surface area contributed by atoms with Crippen LogP contribution in [-0.4, -0.2) is 4.98 Å². The van der Waals surface area contributed by atoms with Gasteiger partial charge >= 0.3 is 0 Å². The Hall–Kier alpha value is -1.61. The molecule has 0 radical (unpaired) electrons. The maximum absolute atomic E-state index is 13.2. The predicted octanol–water partition coefficient (Wildman–Crippen LogP) is 3.67. The monoisotopic (exact) mass is 223 g/mol. The molecule has 4 heteroatoms. The van der Waals surface area contributed by atoms with Crippen molar-refractivity contribution in [2.75, 3.05) is 0 Å². The van der Waals surface area contributed by atoms with Crippen LogP contribution in [0.3, 0.4) is 0 Å². The molecule has 0 fully saturated rings. The summed E-state index contributed by atoms with van der Waals surface area (Å²) in [5.74, 6) is 0.145. The van der Waals surface area contributed by atoms with Gasteiger partial charge in [0.05, 0.1) is 11.2 Å². The van der Waals surface area contributed by atoms with E-state index in [1.54, 1.807) is 18.2 Å². The molecule has 0 aliphatic rings. The Morgan fingerprint density at radius 3 is 2.73 bits per heavy atom. The van der Waals surface area contributed by atoms with Crippen molar-refractivity contribution in [3.63, 3.8) is 0 Å². The molecule has 2 rings (SSSR count). The summed E-state index contributed by atoms with van der Waals surface area (Å²) in [4.78, 5) is 3.83. The first-order valence-corrected chi connectivity index (χ1v) is 4.66. The van der Waals surface area contributed by atoms with Crippen molar-refractivity contribution in [1.82, 2.24) is 4.98 Å². The van der Waals surface area contributed by atoms with Crippen molar-refractivity contribution in [3.8, 4) is 11.5 Å². The molecule has 1 aromatic heterocycles. The number of aromatic nitrogens is 1. The van der Waals surface area contributed by atoms with Crippen LogP contribution in [0.5, 0.6) is 11.5 Å². The van der Waals surface area contributed by atoms with Gasteiger partial charge in [0, 0.05) is 12.3 Å². The van der Waals surface area contributed by atoms with Crippen LogP contribution in [0.15, 0.2) is 42.7 Å². The Balaban J connectivity index is 2.26. The standard InChI is InChI=1S/C11H7ClFNO/c12-8-5-9(7-14-6-8)15-11-4-2-1-3-10(11)13/h1-7H. The summed E-state index contributed by atoms with van der Waals surface area (Å²) in [6.07, 6.45) is 2.95. The Labute approximate surface area is 91.3 Å². The van der Waals surface area contributed by atoms with Gasteiger partial charge in [0.2, 0.25) is 0 Å². The zero-order valence-corrected chi connectivity index (χ0v) is 8.41. The quantitative estimate of drug-likeness (QED) is 0.775. The number of hydrogen-bond acceptors (Lipinski definition) is 2. The van der Waals surface area contributed by atoms with Crippen molar-refractivity contribution in [3.05, 3.63) is 53.6 Å². The number of para-hydroxylation sites is 1. The molecule has 0 aliphatic carbocycles. The molecule has 2 nitrogen and oxygen atoms in total. The van der Waals surface area contributed by atoms with E-state index < -0.39 is 5.82 Å². The molecule has 0 saturated carbocycles. The molecule has 2 aromatic rings. The third kappa shape index (κ3) is 2.44. The first kappa shape index (κ1) is 9.93. The fourth-order valence-corrected chi connectivity index (χ4v) is 1.27. The molecule has 0 aliphatic heterocycles. The fraction of sp³-hybridized carbons (Fsp3) is 0. The molecule has 1 aromatic carbocycles. The predicted molar refractivity (Wildman–Crippen MR) is 55.7 cm³/mol. The van der Waals surface area contributed by atoms with Crippen LogP contribution in [-0.2, 0) is 0 Å². The van der Waals surface area contributed by atoms with E-state index >= 15 is 0 Å². The molecule has 0 unspecified atom stereocenters. The van der Waals surface area contributed by atoms with Crippen molar-refractivity contribution in [2.45, 2.75) is 0 Å². The van der Waals surface area contributed by atoms with Crippen molar-refractivity contribution >= 4 is 11.6 Å². The molecule has 0 atom stereocenters. The summed E-state index contributed by atoms with van der Waals surface area (Å²) >= 11 is 5.71. The molecule has 76 valence electrons. The Kier molecular flexibility index (Phi) is 2.83. The summed E-state index contributed by atoms with van der Waals surface area (Å²) in [5, 5.41) is 0.448. The van der Waals surface area contributed by atoms with Gasteiger partial charge in [-0.3, -0.25) is 4.98 Å². The van der Waals surface area contributed by atoms with Gasteiger partial charge in [0.25, 0.3) is 0 Å². The molecule has 0 N–H and O–H groups in total. The summed E-state index contributed by atoms with van der Waals surface area (Å²) < 4.78 is 18.5. The highest BCUT2D eigenvalue weighted by molar-refractivity contribution is 6.30. The highest BCUT2D eigenvalue weighted by Gasteiger charge is 2.03. The number of pyridine rings is 1. The van der Waals surface area contributed by atoms with E-state index in [1.807, 2.05) is 0 Å². The minimum atomic E-state index is -0.419. The molecular formula is C11H7ClFNO. The van der Waals surface area contributed by atoms with E-state index in [2.05, 4.69) is 4.98 Å². The summed E-state index contributed by atoms with van der Waals surface area (Å²) in [5.41, 5.74) is 0. The third-order valence-electron chi connectivity index (χ3n) is 1.74. The molecule has 0 spiro atoms. The minimum absolute atomic E-state index is 0.154. The average Bonchev–Trinajstić information content (AvgIpc) is 2.22. The van der Waals surface area contributed by atoms with Crippen LogP contribution in [0.25, 0.3) is 0 Å². The second-order valence-corrected chi connectivity index (χ2v) is 3.31. The van der Waals surface area contributed by atoms with Crippen LogP contribution in [0.2, 0.25) is 5.02 Å². The maximum Gasteiger partial charge on any atom is 0.165 e. The Bertz CT molecular complexity index is 476. The van der Waals surface area contributed by atoms with Crippen LogP contribution in [0.4, 0.5) is 4.39 Å². The smallest absolute Gasteiger partial charge is 0.165 e. The summed E-state index contributed by atoms with van der Waals surface area (Å²) in [6, 6.07) is 7.72. The highest BCUT2D eigenvalue weighted by Crippen LogP contribution is 2.24. The lowest BCUT2D eigenvalue weighted by Crippen LogP contribution is -1.88. The number of nitrogens with zero attached hydrogens (tertiary/aromatic N) is 1. The van der Waals surface area contributed by atoms with Crippen LogP contribution >= 0.6 is 11.6 Å². The van der Waals surface area contributed by atoms with Gasteiger partial charge in [-0.05, 0) is 12.1 Å². The number of benzene rings is 1. The molecule has 0 bridgehead atoms. The van der Waals surface area contributed by atoms with Gasteiger partial charge in [-0.25, -0.2) is 4.39 Å². The van der Waals surface area contributed by atoms with E-state index in [0.29, 0.717) is 10.8 Å². The van der Waals surface area contributed by atoms with Crippen LogP contribution in [0, 0.1) is 5.82 Å². The molecule has 0 amide bonds. The Morgan fingerprint density at radius 2 is 2.00 bits per heavy atom. The van der Waals surface area contributed by atoms with Gasteiger partial charge in [-0.15, -0.1) is 0 Å². The lowest BCUT2D eigenvalue weighted by Gasteiger charge is -2.05. The summed E-state index contributed by atoms with van der Waals surface area (Å²) in [7, 11) is 0. The van der Waals surface area contributed by atoms with Crippen LogP contribution < -0.4 is 4.74 Å². The SMILES string of the molecule is Fc1ccccc1Oc1cncc(Cl)c1. The normalized spacial score (nSPS) is 10.0. The highest BCUT2D eigenvalue weighted by atomic mass is 35.5. The number of halogens is 2. The first-order chi connectivity index (χ1) is 7.25. The van der Waals surface area contributed by atoms with E-state index in [9.17, 15) is 4.39 Å². The van der Waals surface area contributed by atoms with E-state index in [-0.39, 0.29) is 5.75 Å².